The normalized spacial score (nSPS) is 31.9. The van der Waals surface area contributed by atoms with Crippen molar-refractivity contribution in [1.29, 1.82) is 0 Å². The fourth-order valence-electron chi connectivity index (χ4n) is 1.74. The number of rotatable bonds is 5. The van der Waals surface area contributed by atoms with E-state index in [2.05, 4.69) is 37.4 Å². The van der Waals surface area contributed by atoms with Crippen molar-refractivity contribution in [1.82, 2.24) is 5.32 Å². The molecule has 0 saturated carbocycles. The average molecular weight is 211 g/mol. The van der Waals surface area contributed by atoms with Crippen LogP contribution in [0, 0.1) is 5.41 Å². The lowest BCUT2D eigenvalue weighted by Crippen LogP contribution is -2.45. The molecule has 0 fully saturated rings. The Labute approximate surface area is 91.5 Å². The van der Waals surface area contributed by atoms with Gasteiger partial charge >= 0.3 is 0 Å². The molecule has 0 aromatic rings. The molecule has 3 N–H and O–H groups in total. The van der Waals surface area contributed by atoms with Gasteiger partial charge in [-0.05, 0) is 6.42 Å². The van der Waals surface area contributed by atoms with Gasteiger partial charge in [0.05, 0.1) is 12.7 Å². The van der Waals surface area contributed by atoms with Crippen LogP contribution in [-0.2, 0) is 0 Å². The first-order chi connectivity index (χ1) is 7.12. The molecule has 3 heteroatoms. The van der Waals surface area contributed by atoms with E-state index >= 15 is 0 Å². The Morgan fingerprint density at radius 1 is 1.47 bits per heavy atom. The number of hydrogen-bond donors (Lipinski definition) is 3. The Bertz CT molecular complexity index is 250. The summed E-state index contributed by atoms with van der Waals surface area (Å²) < 4.78 is 0. The van der Waals surface area contributed by atoms with Crippen LogP contribution in [0.1, 0.15) is 20.3 Å². The van der Waals surface area contributed by atoms with Gasteiger partial charge in [-0.15, -0.1) is 0 Å². The molecule has 3 unspecified atom stereocenters. The van der Waals surface area contributed by atoms with E-state index in [0.717, 1.165) is 6.42 Å². The smallest absolute Gasteiger partial charge is 0.0895 e. The van der Waals surface area contributed by atoms with Crippen LogP contribution in [0.4, 0.5) is 0 Å². The zero-order valence-corrected chi connectivity index (χ0v) is 9.48. The Kier molecular flexibility index (Phi) is 4.51. The molecule has 3 nitrogen and oxygen atoms in total. The SMILES string of the molecule is CCC1(C)C=CC=CC1NCC(O)CO. The lowest BCUT2D eigenvalue weighted by atomic mass is 9.77. The minimum Gasteiger partial charge on any atom is -0.394 e. The molecule has 1 aliphatic carbocycles. The fraction of sp³-hybridized carbons (Fsp3) is 0.667. The molecule has 0 radical (unpaired) electrons. The van der Waals surface area contributed by atoms with Crippen molar-refractivity contribution < 1.29 is 10.2 Å². The van der Waals surface area contributed by atoms with Crippen molar-refractivity contribution in [3.63, 3.8) is 0 Å². The first-order valence-corrected chi connectivity index (χ1v) is 5.50. The van der Waals surface area contributed by atoms with Crippen LogP contribution in [0.5, 0.6) is 0 Å². The third-order valence-electron chi connectivity index (χ3n) is 3.15. The summed E-state index contributed by atoms with van der Waals surface area (Å²) in [4.78, 5) is 0. The van der Waals surface area contributed by atoms with Crippen LogP contribution in [0.2, 0.25) is 0 Å². The summed E-state index contributed by atoms with van der Waals surface area (Å²) >= 11 is 0. The molecule has 3 atom stereocenters. The van der Waals surface area contributed by atoms with Crippen molar-refractivity contribution in [2.45, 2.75) is 32.4 Å². The summed E-state index contributed by atoms with van der Waals surface area (Å²) in [5.41, 5.74) is 0.101. The zero-order chi connectivity index (χ0) is 11.3. The van der Waals surface area contributed by atoms with Gasteiger partial charge in [-0.2, -0.15) is 0 Å². The van der Waals surface area contributed by atoms with Gasteiger partial charge in [0, 0.05) is 18.0 Å². The molecule has 1 aliphatic rings. The maximum atomic E-state index is 9.28. The molecule has 86 valence electrons. The average Bonchev–Trinajstić information content (AvgIpc) is 2.27. The topological polar surface area (TPSA) is 52.5 Å². The predicted molar refractivity (Wildman–Crippen MR) is 61.6 cm³/mol. The van der Waals surface area contributed by atoms with E-state index in [1.807, 2.05) is 6.08 Å². The molecule has 0 amide bonds. The Hall–Kier alpha value is -0.640. The highest BCUT2D eigenvalue weighted by Crippen LogP contribution is 2.30. The van der Waals surface area contributed by atoms with Crippen LogP contribution < -0.4 is 5.32 Å². The third kappa shape index (κ3) is 3.16. The lowest BCUT2D eigenvalue weighted by molar-refractivity contribution is 0.0894. The van der Waals surface area contributed by atoms with Gasteiger partial charge in [-0.25, -0.2) is 0 Å². The van der Waals surface area contributed by atoms with E-state index in [1.165, 1.54) is 0 Å². The largest absolute Gasteiger partial charge is 0.394 e. The minimum absolute atomic E-state index is 0.101. The highest BCUT2D eigenvalue weighted by atomic mass is 16.3. The number of allylic oxidation sites excluding steroid dienone is 2. The standard InChI is InChI=1S/C12H21NO2/c1-3-12(2)7-5-4-6-11(12)13-8-10(15)9-14/h4-7,10-11,13-15H,3,8-9H2,1-2H3. The van der Waals surface area contributed by atoms with Crippen LogP contribution in [0.15, 0.2) is 24.3 Å². The first kappa shape index (κ1) is 12.4. The molecule has 0 saturated heterocycles. The molecule has 0 bridgehead atoms. The number of hydrogen-bond acceptors (Lipinski definition) is 3. The van der Waals surface area contributed by atoms with Gasteiger partial charge in [-0.3, -0.25) is 0 Å². The van der Waals surface area contributed by atoms with Crippen molar-refractivity contribution >= 4 is 0 Å². The Morgan fingerprint density at radius 2 is 2.20 bits per heavy atom. The maximum Gasteiger partial charge on any atom is 0.0895 e. The highest BCUT2D eigenvalue weighted by Gasteiger charge is 2.29. The summed E-state index contributed by atoms with van der Waals surface area (Å²) in [6.45, 7) is 4.58. The second-order valence-electron chi connectivity index (χ2n) is 4.33. The summed E-state index contributed by atoms with van der Waals surface area (Å²) in [6, 6.07) is 0.230. The van der Waals surface area contributed by atoms with Crippen LogP contribution in [-0.4, -0.2) is 35.5 Å². The molecule has 15 heavy (non-hydrogen) atoms. The van der Waals surface area contributed by atoms with E-state index in [1.54, 1.807) is 0 Å². The predicted octanol–water partition coefficient (Wildman–Crippen LogP) is 0.840. The van der Waals surface area contributed by atoms with E-state index < -0.39 is 6.10 Å². The summed E-state index contributed by atoms with van der Waals surface area (Å²) in [7, 11) is 0. The maximum absolute atomic E-state index is 9.28. The number of nitrogens with one attached hydrogen (secondary N) is 1. The second kappa shape index (κ2) is 5.45. The molecule has 0 aromatic carbocycles. The van der Waals surface area contributed by atoms with Gasteiger partial charge in [0.1, 0.15) is 0 Å². The molecule has 0 heterocycles. The van der Waals surface area contributed by atoms with Gasteiger partial charge in [0.2, 0.25) is 0 Å². The van der Waals surface area contributed by atoms with Gasteiger partial charge in [0.25, 0.3) is 0 Å². The quantitative estimate of drug-likeness (QED) is 0.631. The van der Waals surface area contributed by atoms with E-state index in [-0.39, 0.29) is 18.1 Å². The van der Waals surface area contributed by atoms with Crippen molar-refractivity contribution in [2.24, 2.45) is 5.41 Å². The minimum atomic E-state index is -0.676. The van der Waals surface area contributed by atoms with Gasteiger partial charge < -0.3 is 15.5 Å². The van der Waals surface area contributed by atoms with E-state index in [0.29, 0.717) is 6.54 Å². The third-order valence-corrected chi connectivity index (χ3v) is 3.15. The second-order valence-corrected chi connectivity index (χ2v) is 4.33. The summed E-state index contributed by atoms with van der Waals surface area (Å²) in [5, 5.41) is 21.3. The first-order valence-electron chi connectivity index (χ1n) is 5.50. The van der Waals surface area contributed by atoms with Crippen LogP contribution >= 0.6 is 0 Å². The van der Waals surface area contributed by atoms with Crippen LogP contribution in [0.3, 0.4) is 0 Å². The molecule has 0 aliphatic heterocycles. The molecule has 0 spiro atoms. The molecular weight excluding hydrogens is 190 g/mol. The van der Waals surface area contributed by atoms with Gasteiger partial charge in [-0.1, -0.05) is 38.2 Å². The summed E-state index contributed by atoms with van der Waals surface area (Å²) in [6.07, 6.45) is 8.74. The monoisotopic (exact) mass is 211 g/mol. The van der Waals surface area contributed by atoms with Crippen molar-refractivity contribution in [3.8, 4) is 0 Å². The molecular formula is C12H21NO2. The molecule has 1 rings (SSSR count). The lowest BCUT2D eigenvalue weighted by Gasteiger charge is -2.35. The van der Waals surface area contributed by atoms with Crippen LogP contribution in [0.25, 0.3) is 0 Å². The van der Waals surface area contributed by atoms with Crippen molar-refractivity contribution in [3.05, 3.63) is 24.3 Å². The Balaban J connectivity index is 2.52. The van der Waals surface area contributed by atoms with Gasteiger partial charge in [0.15, 0.2) is 0 Å². The zero-order valence-electron chi connectivity index (χ0n) is 9.48. The van der Waals surface area contributed by atoms with E-state index in [9.17, 15) is 5.11 Å². The molecule has 0 aromatic heterocycles. The number of aliphatic hydroxyl groups is 2. The number of aliphatic hydroxyl groups excluding tert-OH is 2. The fourth-order valence-corrected chi connectivity index (χ4v) is 1.74. The summed E-state index contributed by atoms with van der Waals surface area (Å²) in [5.74, 6) is 0. The highest BCUT2D eigenvalue weighted by molar-refractivity contribution is 5.21. The van der Waals surface area contributed by atoms with Crippen molar-refractivity contribution in [2.75, 3.05) is 13.2 Å². The van der Waals surface area contributed by atoms with E-state index in [4.69, 9.17) is 5.11 Å². The Morgan fingerprint density at radius 3 is 2.80 bits per heavy atom.